The molecule has 0 bridgehead atoms. The van der Waals surface area contributed by atoms with Crippen molar-refractivity contribution in [2.24, 2.45) is 5.92 Å². The van der Waals surface area contributed by atoms with Gasteiger partial charge in [0.1, 0.15) is 5.75 Å². The van der Waals surface area contributed by atoms with Crippen LogP contribution in [-0.4, -0.2) is 30.3 Å². The summed E-state index contributed by atoms with van der Waals surface area (Å²) in [4.78, 5) is 11.8. The van der Waals surface area contributed by atoms with Crippen LogP contribution in [0.25, 0.3) is 6.08 Å². The minimum Gasteiger partial charge on any atom is -0.494 e. The van der Waals surface area contributed by atoms with E-state index >= 15 is 0 Å². The Morgan fingerprint density at radius 2 is 2.00 bits per heavy atom. The van der Waals surface area contributed by atoms with Gasteiger partial charge in [-0.05, 0) is 43.0 Å². The van der Waals surface area contributed by atoms with Crippen molar-refractivity contribution in [2.75, 3.05) is 13.2 Å². The van der Waals surface area contributed by atoms with Crippen molar-refractivity contribution in [1.82, 2.24) is 5.32 Å². The summed E-state index contributed by atoms with van der Waals surface area (Å²) >= 11 is 0. The monoisotopic (exact) mass is 291 g/mol. The fourth-order valence-electron chi connectivity index (χ4n) is 2.01. The van der Waals surface area contributed by atoms with E-state index in [9.17, 15) is 9.90 Å². The highest BCUT2D eigenvalue weighted by Crippen LogP contribution is 2.13. The summed E-state index contributed by atoms with van der Waals surface area (Å²) in [5, 5.41) is 12.0. The van der Waals surface area contributed by atoms with Crippen LogP contribution in [0.4, 0.5) is 0 Å². The Balaban J connectivity index is 2.52. The van der Waals surface area contributed by atoms with Gasteiger partial charge in [-0.2, -0.15) is 0 Å². The van der Waals surface area contributed by atoms with Crippen LogP contribution in [0.1, 0.15) is 32.8 Å². The number of aliphatic hydroxyl groups excluding tert-OH is 1. The molecule has 0 spiro atoms. The van der Waals surface area contributed by atoms with E-state index in [-0.39, 0.29) is 18.6 Å². The molecule has 0 aromatic heterocycles. The van der Waals surface area contributed by atoms with Crippen molar-refractivity contribution in [3.63, 3.8) is 0 Å². The molecule has 21 heavy (non-hydrogen) atoms. The van der Waals surface area contributed by atoms with Gasteiger partial charge in [-0.1, -0.05) is 26.0 Å². The lowest BCUT2D eigenvalue weighted by atomic mass is 10.0. The zero-order valence-corrected chi connectivity index (χ0v) is 13.0. The molecular weight excluding hydrogens is 266 g/mol. The fraction of sp³-hybridized carbons (Fsp3) is 0.471. The van der Waals surface area contributed by atoms with E-state index < -0.39 is 0 Å². The molecule has 1 amide bonds. The summed E-state index contributed by atoms with van der Waals surface area (Å²) in [6.07, 6.45) is 3.99. The molecule has 4 nitrogen and oxygen atoms in total. The molecule has 2 N–H and O–H groups in total. The molecular formula is C17H25NO3. The van der Waals surface area contributed by atoms with Gasteiger partial charge in [0.15, 0.2) is 0 Å². The number of aliphatic hydroxyl groups is 1. The highest BCUT2D eigenvalue weighted by atomic mass is 16.5. The quantitative estimate of drug-likeness (QED) is 0.724. The van der Waals surface area contributed by atoms with Crippen molar-refractivity contribution < 1.29 is 14.6 Å². The van der Waals surface area contributed by atoms with Gasteiger partial charge in [0.2, 0.25) is 5.91 Å². The molecule has 1 aromatic rings. The molecule has 0 aliphatic heterocycles. The lowest BCUT2D eigenvalue weighted by Crippen LogP contribution is -2.37. The number of benzene rings is 1. The van der Waals surface area contributed by atoms with Gasteiger partial charge in [0.05, 0.1) is 19.3 Å². The van der Waals surface area contributed by atoms with Gasteiger partial charge in [0.25, 0.3) is 0 Å². The highest BCUT2D eigenvalue weighted by Gasteiger charge is 2.11. The maximum absolute atomic E-state index is 11.8. The topological polar surface area (TPSA) is 58.6 Å². The number of ether oxygens (including phenoxy) is 1. The molecule has 1 aromatic carbocycles. The predicted molar refractivity (Wildman–Crippen MR) is 85.1 cm³/mol. The Morgan fingerprint density at radius 1 is 1.33 bits per heavy atom. The van der Waals surface area contributed by atoms with Gasteiger partial charge < -0.3 is 15.2 Å². The number of carbonyl (C=O) groups is 1. The summed E-state index contributed by atoms with van der Waals surface area (Å²) in [7, 11) is 0. The number of rotatable bonds is 8. The molecule has 0 aliphatic rings. The van der Waals surface area contributed by atoms with E-state index in [0.29, 0.717) is 12.5 Å². The number of nitrogens with one attached hydrogen (secondary N) is 1. The molecule has 1 unspecified atom stereocenters. The van der Waals surface area contributed by atoms with Gasteiger partial charge >= 0.3 is 0 Å². The molecule has 0 aliphatic carbocycles. The largest absolute Gasteiger partial charge is 0.494 e. The molecule has 1 atom stereocenters. The summed E-state index contributed by atoms with van der Waals surface area (Å²) in [6.45, 7) is 6.65. The Bertz CT molecular complexity index is 452. The third kappa shape index (κ3) is 6.95. The van der Waals surface area contributed by atoms with Crippen molar-refractivity contribution in [2.45, 2.75) is 33.2 Å². The standard InChI is InChI=1S/C17H25NO3/c1-4-21-16-8-5-14(6-9-16)7-10-17(20)18-15(12-19)11-13(2)3/h5-10,13,15,19H,4,11-12H2,1-3H3,(H,18,20)/b10-7+. The van der Waals surface area contributed by atoms with E-state index in [2.05, 4.69) is 19.2 Å². The lowest BCUT2D eigenvalue weighted by Gasteiger charge is -2.17. The van der Waals surface area contributed by atoms with Gasteiger partial charge in [-0.25, -0.2) is 0 Å². The highest BCUT2D eigenvalue weighted by molar-refractivity contribution is 5.91. The molecule has 0 saturated heterocycles. The second kappa shape index (κ2) is 9.19. The first kappa shape index (κ1) is 17.2. The summed E-state index contributed by atoms with van der Waals surface area (Å²) in [5.74, 6) is 1.05. The molecule has 0 fully saturated rings. The van der Waals surface area contributed by atoms with E-state index in [4.69, 9.17) is 4.74 Å². The number of hydrogen-bond donors (Lipinski definition) is 2. The first-order chi connectivity index (χ1) is 10.0. The maximum Gasteiger partial charge on any atom is 0.244 e. The molecule has 4 heteroatoms. The van der Waals surface area contributed by atoms with E-state index in [0.717, 1.165) is 17.7 Å². The average Bonchev–Trinajstić information content (AvgIpc) is 2.45. The zero-order chi connectivity index (χ0) is 15.7. The van der Waals surface area contributed by atoms with Crippen molar-refractivity contribution in [3.8, 4) is 5.75 Å². The summed E-state index contributed by atoms with van der Waals surface area (Å²) in [6, 6.07) is 7.34. The van der Waals surface area contributed by atoms with E-state index in [1.165, 1.54) is 6.08 Å². The van der Waals surface area contributed by atoms with E-state index in [1.807, 2.05) is 31.2 Å². The Labute approximate surface area is 126 Å². The van der Waals surface area contributed by atoms with E-state index in [1.54, 1.807) is 6.08 Å². The lowest BCUT2D eigenvalue weighted by molar-refractivity contribution is -0.117. The van der Waals surface area contributed by atoms with Crippen molar-refractivity contribution in [3.05, 3.63) is 35.9 Å². The Morgan fingerprint density at radius 3 is 2.52 bits per heavy atom. The first-order valence-corrected chi connectivity index (χ1v) is 7.37. The van der Waals surface area contributed by atoms with Crippen LogP contribution in [0.15, 0.2) is 30.3 Å². The number of carbonyl (C=O) groups excluding carboxylic acids is 1. The minimum atomic E-state index is -0.192. The van der Waals surface area contributed by atoms with Crippen molar-refractivity contribution >= 4 is 12.0 Å². The Kier molecular flexibility index (Phi) is 7.54. The average molecular weight is 291 g/mol. The first-order valence-electron chi connectivity index (χ1n) is 7.37. The molecule has 1 rings (SSSR count). The molecule has 116 valence electrons. The van der Waals surface area contributed by atoms with Crippen molar-refractivity contribution in [1.29, 1.82) is 0 Å². The van der Waals surface area contributed by atoms with Crippen LogP contribution >= 0.6 is 0 Å². The zero-order valence-electron chi connectivity index (χ0n) is 13.0. The minimum absolute atomic E-state index is 0.0409. The fourth-order valence-corrected chi connectivity index (χ4v) is 2.01. The summed E-state index contributed by atoms with van der Waals surface area (Å²) in [5.41, 5.74) is 0.929. The molecule has 0 radical (unpaired) electrons. The Hall–Kier alpha value is -1.81. The second-order valence-corrected chi connectivity index (χ2v) is 5.35. The molecule has 0 heterocycles. The SMILES string of the molecule is CCOc1ccc(/C=C/C(=O)NC(CO)CC(C)C)cc1. The normalized spacial score (nSPS) is 12.6. The maximum atomic E-state index is 11.8. The number of amides is 1. The van der Waals surface area contributed by atoms with Crippen LogP contribution in [0.2, 0.25) is 0 Å². The van der Waals surface area contributed by atoms with Gasteiger partial charge in [-0.15, -0.1) is 0 Å². The molecule has 0 saturated carbocycles. The van der Waals surface area contributed by atoms with Crippen LogP contribution in [-0.2, 0) is 4.79 Å². The summed E-state index contributed by atoms with van der Waals surface area (Å²) < 4.78 is 5.36. The predicted octanol–water partition coefficient (Wildman–Crippen LogP) is 2.62. The van der Waals surface area contributed by atoms with Crippen LogP contribution < -0.4 is 10.1 Å². The van der Waals surface area contributed by atoms with Gasteiger partial charge in [0, 0.05) is 6.08 Å². The van der Waals surface area contributed by atoms with Crippen LogP contribution in [0.5, 0.6) is 5.75 Å². The third-order valence-electron chi connectivity index (χ3n) is 2.94. The smallest absolute Gasteiger partial charge is 0.244 e. The second-order valence-electron chi connectivity index (χ2n) is 5.35. The number of hydrogen-bond acceptors (Lipinski definition) is 3. The third-order valence-corrected chi connectivity index (χ3v) is 2.94. The van der Waals surface area contributed by atoms with Crippen LogP contribution in [0.3, 0.4) is 0 Å². The van der Waals surface area contributed by atoms with Crippen LogP contribution in [0, 0.1) is 5.92 Å². The van der Waals surface area contributed by atoms with Gasteiger partial charge in [-0.3, -0.25) is 4.79 Å².